The zero-order valence-electron chi connectivity index (χ0n) is 11.2. The van der Waals surface area contributed by atoms with Gasteiger partial charge in [-0.05, 0) is 69.5 Å². The molecule has 4 heteroatoms. The lowest BCUT2D eigenvalue weighted by Gasteiger charge is -2.17. The van der Waals surface area contributed by atoms with Crippen molar-refractivity contribution in [1.29, 1.82) is 0 Å². The minimum atomic E-state index is 0.225. The summed E-state index contributed by atoms with van der Waals surface area (Å²) in [5.41, 5.74) is 2.53. The smallest absolute Gasteiger partial charge is 0.133 e. The van der Waals surface area contributed by atoms with Crippen LogP contribution in [-0.2, 0) is 0 Å². The summed E-state index contributed by atoms with van der Waals surface area (Å²) in [6.45, 7) is 2.85. The average Bonchev–Trinajstić information content (AvgIpc) is 2.92. The molecule has 0 aliphatic heterocycles. The third kappa shape index (κ3) is 3.59. The first-order valence-electron chi connectivity index (χ1n) is 6.38. The summed E-state index contributed by atoms with van der Waals surface area (Å²) >= 11 is 5.31. The van der Waals surface area contributed by atoms with Crippen molar-refractivity contribution in [3.63, 3.8) is 0 Å². The van der Waals surface area contributed by atoms with Crippen molar-refractivity contribution in [1.82, 2.24) is 5.32 Å². The molecule has 1 aromatic carbocycles. The highest BCUT2D eigenvalue weighted by Crippen LogP contribution is 2.31. The lowest BCUT2D eigenvalue weighted by molar-refractivity contribution is 0.315. The molecule has 0 aliphatic carbocycles. The average molecular weight is 340 g/mol. The van der Waals surface area contributed by atoms with Crippen molar-refractivity contribution in [3.05, 3.63) is 50.6 Å². The van der Waals surface area contributed by atoms with Gasteiger partial charge in [-0.15, -0.1) is 0 Å². The normalized spacial score (nSPS) is 12.4. The zero-order valence-corrected chi connectivity index (χ0v) is 13.6. The molecule has 1 atom stereocenters. The largest absolute Gasteiger partial charge is 0.492 e. The fourth-order valence-corrected chi connectivity index (χ4v) is 3.19. The molecule has 0 aliphatic rings. The molecular weight excluding hydrogens is 322 g/mol. The van der Waals surface area contributed by atoms with Gasteiger partial charge in [0, 0.05) is 0 Å². The van der Waals surface area contributed by atoms with E-state index >= 15 is 0 Å². The van der Waals surface area contributed by atoms with Gasteiger partial charge in [-0.25, -0.2) is 0 Å². The van der Waals surface area contributed by atoms with Crippen molar-refractivity contribution in [2.45, 2.75) is 19.4 Å². The standard InChI is InChI=1S/C15H18BrNOS/c1-3-7-18-14-5-4-11(9-13(14)16)15(17-2)12-6-8-19-10-12/h4-6,8-10,15,17H,3,7H2,1-2H3. The van der Waals surface area contributed by atoms with Crippen molar-refractivity contribution in [2.75, 3.05) is 13.7 Å². The quantitative estimate of drug-likeness (QED) is 0.829. The van der Waals surface area contributed by atoms with E-state index in [2.05, 4.69) is 57.1 Å². The van der Waals surface area contributed by atoms with Crippen molar-refractivity contribution in [3.8, 4) is 5.75 Å². The van der Waals surface area contributed by atoms with Crippen LogP contribution in [0.5, 0.6) is 5.75 Å². The highest BCUT2D eigenvalue weighted by molar-refractivity contribution is 9.10. The second-order valence-electron chi connectivity index (χ2n) is 4.32. The van der Waals surface area contributed by atoms with Crippen molar-refractivity contribution < 1.29 is 4.74 Å². The van der Waals surface area contributed by atoms with E-state index in [4.69, 9.17) is 4.74 Å². The highest BCUT2D eigenvalue weighted by Gasteiger charge is 2.14. The number of thiophene rings is 1. The van der Waals surface area contributed by atoms with Gasteiger partial charge in [0.2, 0.25) is 0 Å². The fraction of sp³-hybridized carbons (Fsp3) is 0.333. The molecular formula is C15H18BrNOS. The summed E-state index contributed by atoms with van der Waals surface area (Å²) in [5, 5.41) is 7.64. The predicted octanol–water partition coefficient (Wildman–Crippen LogP) is 4.61. The van der Waals surface area contributed by atoms with E-state index in [1.54, 1.807) is 11.3 Å². The van der Waals surface area contributed by atoms with E-state index in [-0.39, 0.29) is 6.04 Å². The molecule has 0 amide bonds. The third-order valence-electron chi connectivity index (χ3n) is 2.92. The van der Waals surface area contributed by atoms with Crippen LogP contribution in [0.15, 0.2) is 39.5 Å². The van der Waals surface area contributed by atoms with E-state index in [0.29, 0.717) is 0 Å². The van der Waals surface area contributed by atoms with E-state index in [0.717, 1.165) is 23.2 Å². The van der Waals surface area contributed by atoms with Crippen LogP contribution in [0.1, 0.15) is 30.5 Å². The lowest BCUT2D eigenvalue weighted by Crippen LogP contribution is -2.17. The molecule has 0 saturated carbocycles. The van der Waals surface area contributed by atoms with Gasteiger partial charge in [-0.2, -0.15) is 11.3 Å². The van der Waals surface area contributed by atoms with E-state index in [1.165, 1.54) is 11.1 Å². The van der Waals surface area contributed by atoms with Gasteiger partial charge in [-0.3, -0.25) is 0 Å². The Bertz CT molecular complexity index is 513. The van der Waals surface area contributed by atoms with Gasteiger partial charge in [0.1, 0.15) is 5.75 Å². The molecule has 1 heterocycles. The maximum atomic E-state index is 5.68. The Labute approximate surface area is 126 Å². The number of hydrogen-bond acceptors (Lipinski definition) is 3. The maximum absolute atomic E-state index is 5.68. The number of halogens is 1. The molecule has 2 rings (SSSR count). The number of nitrogens with one attached hydrogen (secondary N) is 1. The molecule has 2 aromatic rings. The van der Waals surface area contributed by atoms with E-state index < -0.39 is 0 Å². The molecule has 0 fully saturated rings. The fourth-order valence-electron chi connectivity index (χ4n) is 1.99. The second-order valence-corrected chi connectivity index (χ2v) is 5.95. The number of rotatable bonds is 6. The number of hydrogen-bond donors (Lipinski definition) is 1. The van der Waals surface area contributed by atoms with Crippen LogP contribution < -0.4 is 10.1 Å². The van der Waals surface area contributed by atoms with Crippen LogP contribution in [0.2, 0.25) is 0 Å². The molecule has 2 nitrogen and oxygen atoms in total. The van der Waals surface area contributed by atoms with Gasteiger partial charge < -0.3 is 10.1 Å². The first-order valence-corrected chi connectivity index (χ1v) is 8.11. The van der Waals surface area contributed by atoms with Gasteiger partial charge >= 0.3 is 0 Å². The molecule has 0 radical (unpaired) electrons. The molecule has 0 bridgehead atoms. The van der Waals surface area contributed by atoms with Gasteiger partial charge in [-0.1, -0.05) is 13.0 Å². The molecule has 1 unspecified atom stereocenters. The van der Waals surface area contributed by atoms with Crippen LogP contribution in [0.3, 0.4) is 0 Å². The molecule has 19 heavy (non-hydrogen) atoms. The topological polar surface area (TPSA) is 21.3 Å². The zero-order chi connectivity index (χ0) is 13.7. The maximum Gasteiger partial charge on any atom is 0.133 e. The number of ether oxygens (including phenoxy) is 1. The minimum absolute atomic E-state index is 0.225. The molecule has 0 spiro atoms. The summed E-state index contributed by atoms with van der Waals surface area (Å²) in [6, 6.07) is 8.66. The van der Waals surface area contributed by atoms with Crippen LogP contribution in [-0.4, -0.2) is 13.7 Å². The van der Waals surface area contributed by atoms with E-state index in [9.17, 15) is 0 Å². The summed E-state index contributed by atoms with van der Waals surface area (Å²) in [7, 11) is 1.98. The van der Waals surface area contributed by atoms with Crippen molar-refractivity contribution >= 4 is 27.3 Å². The molecule has 1 N–H and O–H groups in total. The second kappa shape index (κ2) is 7.08. The predicted molar refractivity (Wildman–Crippen MR) is 85.1 cm³/mol. The summed E-state index contributed by atoms with van der Waals surface area (Å²) in [5.74, 6) is 0.908. The summed E-state index contributed by atoms with van der Waals surface area (Å²) < 4.78 is 6.69. The molecule has 102 valence electrons. The monoisotopic (exact) mass is 339 g/mol. The highest BCUT2D eigenvalue weighted by atomic mass is 79.9. The molecule has 0 saturated heterocycles. The Morgan fingerprint density at radius 2 is 2.16 bits per heavy atom. The Kier molecular flexibility index (Phi) is 5.43. The SMILES string of the molecule is CCCOc1ccc(C(NC)c2ccsc2)cc1Br. The number of benzene rings is 1. The summed E-state index contributed by atoms with van der Waals surface area (Å²) in [4.78, 5) is 0. The van der Waals surface area contributed by atoms with Crippen molar-refractivity contribution in [2.24, 2.45) is 0 Å². The van der Waals surface area contributed by atoms with Crippen LogP contribution in [0.25, 0.3) is 0 Å². The van der Waals surface area contributed by atoms with Gasteiger partial charge in [0.05, 0.1) is 17.1 Å². The molecule has 1 aromatic heterocycles. The third-order valence-corrected chi connectivity index (χ3v) is 4.24. The lowest BCUT2D eigenvalue weighted by atomic mass is 10.0. The Balaban J connectivity index is 2.23. The minimum Gasteiger partial charge on any atom is -0.492 e. The van der Waals surface area contributed by atoms with E-state index in [1.807, 2.05) is 13.1 Å². The Hall–Kier alpha value is -0.840. The Morgan fingerprint density at radius 1 is 1.32 bits per heavy atom. The van der Waals surface area contributed by atoms with Crippen LogP contribution >= 0.6 is 27.3 Å². The first-order chi connectivity index (χ1) is 9.26. The van der Waals surface area contributed by atoms with Crippen LogP contribution in [0, 0.1) is 0 Å². The summed E-state index contributed by atoms with van der Waals surface area (Å²) in [6.07, 6.45) is 1.02. The van der Waals surface area contributed by atoms with Crippen LogP contribution in [0.4, 0.5) is 0 Å². The Morgan fingerprint density at radius 3 is 2.74 bits per heavy atom. The first kappa shape index (κ1) is 14.6. The van der Waals surface area contributed by atoms with Gasteiger partial charge in [0.15, 0.2) is 0 Å². The van der Waals surface area contributed by atoms with Gasteiger partial charge in [0.25, 0.3) is 0 Å².